The van der Waals surface area contributed by atoms with Crippen molar-refractivity contribution in [1.29, 1.82) is 5.26 Å². The molecule has 5 nitrogen and oxygen atoms in total. The van der Waals surface area contributed by atoms with Crippen LogP contribution in [0.3, 0.4) is 0 Å². The summed E-state index contributed by atoms with van der Waals surface area (Å²) in [4.78, 5) is 2.07. The minimum Gasteiger partial charge on any atom is -0.305 e. The van der Waals surface area contributed by atoms with E-state index in [0.717, 1.165) is 0 Å². The Labute approximate surface area is 126 Å². The lowest BCUT2D eigenvalue weighted by molar-refractivity contribution is 0.263. The minimum atomic E-state index is -3.39. The Morgan fingerprint density at radius 3 is 2.57 bits per heavy atom. The molecule has 1 aliphatic rings. The van der Waals surface area contributed by atoms with E-state index in [4.69, 9.17) is 5.26 Å². The van der Waals surface area contributed by atoms with Crippen LogP contribution in [0.1, 0.15) is 18.1 Å². The Kier molecular flexibility index (Phi) is 4.67. The van der Waals surface area contributed by atoms with Gasteiger partial charge in [-0.25, -0.2) is 8.42 Å². The van der Waals surface area contributed by atoms with Crippen molar-refractivity contribution in [3.05, 3.63) is 35.4 Å². The summed E-state index contributed by atoms with van der Waals surface area (Å²) < 4.78 is 26.7. The van der Waals surface area contributed by atoms with Crippen LogP contribution in [0.15, 0.2) is 24.3 Å². The molecule has 0 radical (unpaired) electrons. The lowest BCUT2D eigenvalue weighted by Gasteiger charge is -2.22. The number of sulfonamides is 1. The summed E-state index contributed by atoms with van der Waals surface area (Å²) in [6.07, 6.45) is 0. The molecule has 21 heavy (non-hydrogen) atoms. The van der Waals surface area contributed by atoms with Crippen LogP contribution < -0.4 is 0 Å². The van der Waals surface area contributed by atoms with Crippen molar-refractivity contribution in [1.82, 2.24) is 9.21 Å². The zero-order valence-corrected chi connectivity index (χ0v) is 13.5. The Bertz CT molecular complexity index is 649. The molecule has 6 heteroatoms. The number of hydrogen-bond donors (Lipinski definition) is 0. The molecule has 114 valence electrons. The fraction of sp³-hybridized carbons (Fsp3) is 0.533. The number of likely N-dealkylation sites (N-methyl/N-ethyl adjacent to an activating group) is 1. The van der Waals surface area contributed by atoms with Crippen molar-refractivity contribution < 1.29 is 8.42 Å². The van der Waals surface area contributed by atoms with E-state index in [1.54, 1.807) is 28.6 Å². The predicted octanol–water partition coefficient (Wildman–Crippen LogP) is 1.27. The Morgan fingerprint density at radius 1 is 1.33 bits per heavy atom. The van der Waals surface area contributed by atoms with Gasteiger partial charge in [0, 0.05) is 19.1 Å². The zero-order chi connectivity index (χ0) is 15.6. The zero-order valence-electron chi connectivity index (χ0n) is 12.7. The second-order valence-corrected chi connectivity index (χ2v) is 7.82. The third kappa shape index (κ3) is 3.43. The highest BCUT2D eigenvalue weighted by molar-refractivity contribution is 7.88. The van der Waals surface area contributed by atoms with Gasteiger partial charge in [-0.2, -0.15) is 9.57 Å². The van der Waals surface area contributed by atoms with Crippen LogP contribution in [0.5, 0.6) is 0 Å². The molecule has 0 spiro atoms. The predicted molar refractivity (Wildman–Crippen MR) is 82.0 cm³/mol. The molecule has 1 fully saturated rings. The van der Waals surface area contributed by atoms with Crippen LogP contribution in [0, 0.1) is 17.2 Å². The first-order chi connectivity index (χ1) is 9.85. The van der Waals surface area contributed by atoms with E-state index in [2.05, 4.69) is 17.9 Å². The summed E-state index contributed by atoms with van der Waals surface area (Å²) in [5, 5.41) is 9.07. The Morgan fingerprint density at radius 2 is 2.00 bits per heavy atom. The quantitative estimate of drug-likeness (QED) is 0.840. The molecule has 0 aliphatic carbocycles. The van der Waals surface area contributed by atoms with E-state index in [0.29, 0.717) is 30.1 Å². The average molecular weight is 307 g/mol. The molecule has 0 bridgehead atoms. The normalized spacial score (nSPS) is 23.4. The first kappa shape index (κ1) is 16.0. The van der Waals surface area contributed by atoms with Crippen molar-refractivity contribution in [2.24, 2.45) is 5.92 Å². The maximum Gasteiger partial charge on any atom is 0.218 e. The lowest BCUT2D eigenvalue weighted by Crippen LogP contribution is -2.36. The van der Waals surface area contributed by atoms with Gasteiger partial charge in [0.15, 0.2) is 0 Å². The van der Waals surface area contributed by atoms with E-state index >= 15 is 0 Å². The molecule has 1 aliphatic heterocycles. The average Bonchev–Trinajstić information content (AvgIpc) is 2.82. The summed E-state index contributed by atoms with van der Waals surface area (Å²) >= 11 is 0. The fourth-order valence-electron chi connectivity index (χ4n) is 2.85. The van der Waals surface area contributed by atoms with Crippen LogP contribution in [0.25, 0.3) is 0 Å². The Balaban J connectivity index is 2.19. The molecule has 2 atom stereocenters. The van der Waals surface area contributed by atoms with Crippen molar-refractivity contribution >= 4 is 10.0 Å². The van der Waals surface area contributed by atoms with Gasteiger partial charge in [0.05, 0.1) is 17.4 Å². The summed E-state index contributed by atoms with van der Waals surface area (Å²) in [7, 11) is 0.559. The first-order valence-electron chi connectivity index (χ1n) is 6.97. The number of nitrogens with zero attached hydrogens (tertiary/aromatic N) is 3. The monoisotopic (exact) mass is 307 g/mol. The number of rotatable bonds is 4. The highest BCUT2D eigenvalue weighted by Gasteiger charge is 2.37. The summed E-state index contributed by atoms with van der Waals surface area (Å²) in [6.45, 7) is 3.13. The molecule has 1 heterocycles. The van der Waals surface area contributed by atoms with Crippen molar-refractivity contribution in [3.8, 4) is 6.07 Å². The van der Waals surface area contributed by atoms with Crippen molar-refractivity contribution in [2.75, 3.05) is 27.2 Å². The highest BCUT2D eigenvalue weighted by atomic mass is 32.2. The van der Waals surface area contributed by atoms with Crippen molar-refractivity contribution in [2.45, 2.75) is 18.7 Å². The first-order valence-corrected chi connectivity index (χ1v) is 8.58. The Hall–Kier alpha value is -1.42. The molecule has 0 saturated carbocycles. The van der Waals surface area contributed by atoms with Crippen LogP contribution in [0.4, 0.5) is 0 Å². The number of benzene rings is 1. The summed E-state index contributed by atoms with van der Waals surface area (Å²) in [5.74, 6) is 0.199. The van der Waals surface area contributed by atoms with Crippen LogP contribution in [-0.2, 0) is 15.8 Å². The second kappa shape index (κ2) is 6.14. The topological polar surface area (TPSA) is 64.4 Å². The van der Waals surface area contributed by atoms with Gasteiger partial charge in [0.1, 0.15) is 0 Å². The van der Waals surface area contributed by atoms with Gasteiger partial charge < -0.3 is 4.90 Å². The van der Waals surface area contributed by atoms with Gasteiger partial charge in [-0.05, 0) is 31.6 Å². The van der Waals surface area contributed by atoms with E-state index in [1.165, 1.54) is 0 Å². The minimum absolute atomic E-state index is 0.108. The molecular weight excluding hydrogens is 286 g/mol. The molecule has 1 aromatic rings. The number of hydrogen-bond acceptors (Lipinski definition) is 4. The smallest absolute Gasteiger partial charge is 0.218 e. The van der Waals surface area contributed by atoms with E-state index in [-0.39, 0.29) is 11.8 Å². The van der Waals surface area contributed by atoms with Gasteiger partial charge in [-0.15, -0.1) is 0 Å². The maximum atomic E-state index is 12.6. The number of nitriles is 1. The van der Waals surface area contributed by atoms with E-state index < -0.39 is 10.0 Å². The molecular formula is C15H21N3O2S. The van der Waals surface area contributed by atoms with Crippen LogP contribution >= 0.6 is 0 Å². The third-order valence-corrected chi connectivity index (χ3v) is 5.83. The molecule has 2 unspecified atom stereocenters. The van der Waals surface area contributed by atoms with E-state index in [9.17, 15) is 8.42 Å². The second-order valence-electron chi connectivity index (χ2n) is 5.85. The lowest BCUT2D eigenvalue weighted by atomic mass is 10.1. The SMILES string of the molecule is CC1CN(S(=O)(=O)Cc2ccccc2C#N)CC1N(C)C. The maximum absolute atomic E-state index is 12.6. The van der Waals surface area contributed by atoms with E-state index in [1.807, 2.05) is 14.1 Å². The molecule has 0 amide bonds. The molecule has 0 aromatic heterocycles. The van der Waals surface area contributed by atoms with Gasteiger partial charge in [0.2, 0.25) is 10.0 Å². The molecule has 1 saturated heterocycles. The van der Waals surface area contributed by atoms with Crippen LogP contribution in [0.2, 0.25) is 0 Å². The largest absolute Gasteiger partial charge is 0.305 e. The van der Waals surface area contributed by atoms with Gasteiger partial charge in [-0.3, -0.25) is 0 Å². The highest BCUT2D eigenvalue weighted by Crippen LogP contribution is 2.25. The molecule has 0 N–H and O–H groups in total. The fourth-order valence-corrected chi connectivity index (χ4v) is 4.52. The summed E-state index contributed by atoms with van der Waals surface area (Å²) in [6, 6.07) is 9.16. The van der Waals surface area contributed by atoms with Gasteiger partial charge >= 0.3 is 0 Å². The summed E-state index contributed by atoms with van der Waals surface area (Å²) in [5.41, 5.74) is 0.999. The van der Waals surface area contributed by atoms with Gasteiger partial charge in [0.25, 0.3) is 0 Å². The van der Waals surface area contributed by atoms with Crippen LogP contribution in [-0.4, -0.2) is 50.8 Å². The standard InChI is InChI=1S/C15H21N3O2S/c1-12-9-18(10-15(12)17(2)3)21(19,20)11-14-7-5-4-6-13(14)8-16/h4-7,12,15H,9-11H2,1-3H3. The molecule has 1 aromatic carbocycles. The van der Waals surface area contributed by atoms with Gasteiger partial charge in [-0.1, -0.05) is 25.1 Å². The third-order valence-electron chi connectivity index (χ3n) is 4.07. The molecule has 2 rings (SSSR count). The van der Waals surface area contributed by atoms with Crippen molar-refractivity contribution in [3.63, 3.8) is 0 Å².